The predicted octanol–water partition coefficient (Wildman–Crippen LogP) is 1.80. The maximum absolute atomic E-state index is 13.2. The summed E-state index contributed by atoms with van der Waals surface area (Å²) in [6.07, 6.45) is 0. The molecular weight excluding hydrogens is 221 g/mol. The lowest BCUT2D eigenvalue weighted by Gasteiger charge is -2.05. The second kappa shape index (κ2) is 4.89. The zero-order valence-electron chi connectivity index (χ0n) is 8.01. The Labute approximate surface area is 91.2 Å². The summed E-state index contributed by atoms with van der Waals surface area (Å²) in [5, 5.41) is 2.29. The van der Waals surface area contributed by atoms with Gasteiger partial charge in [0.05, 0.1) is 17.1 Å². The van der Waals surface area contributed by atoms with Gasteiger partial charge in [0.2, 0.25) is 0 Å². The van der Waals surface area contributed by atoms with Crippen LogP contribution in [0.5, 0.6) is 0 Å². The van der Waals surface area contributed by atoms with E-state index in [-0.39, 0.29) is 22.9 Å². The summed E-state index contributed by atoms with van der Waals surface area (Å²) >= 11 is 5.65. The van der Waals surface area contributed by atoms with Gasteiger partial charge in [0.15, 0.2) is 0 Å². The first-order chi connectivity index (χ1) is 7.02. The van der Waals surface area contributed by atoms with E-state index in [0.29, 0.717) is 0 Å². The molecule has 1 amide bonds. The fraction of sp³-hybridized carbons (Fsp3) is 0.200. The van der Waals surface area contributed by atoms with Crippen LogP contribution in [0, 0.1) is 5.82 Å². The quantitative estimate of drug-likeness (QED) is 0.859. The van der Waals surface area contributed by atoms with Crippen LogP contribution < -0.4 is 5.32 Å². The molecule has 1 N–H and O–H groups in total. The van der Waals surface area contributed by atoms with Crippen molar-refractivity contribution in [3.63, 3.8) is 0 Å². The second-order valence-electron chi connectivity index (χ2n) is 2.98. The van der Waals surface area contributed by atoms with Crippen LogP contribution in [0.2, 0.25) is 5.02 Å². The Morgan fingerprint density at radius 1 is 1.47 bits per heavy atom. The first kappa shape index (κ1) is 11.7. The van der Waals surface area contributed by atoms with Gasteiger partial charge in [-0.25, -0.2) is 4.39 Å². The fourth-order valence-corrected chi connectivity index (χ4v) is 1.26. The standard InChI is InChI=1S/C10H9ClFNO2/c1-6(14)5-13-10(15)9-7(11)3-2-4-8(9)12/h2-4H,5H2,1H3,(H,13,15). The summed E-state index contributed by atoms with van der Waals surface area (Å²) in [5.74, 6) is -1.60. The number of rotatable bonds is 3. The molecule has 0 radical (unpaired) electrons. The Hall–Kier alpha value is -1.42. The van der Waals surface area contributed by atoms with Crippen molar-refractivity contribution in [2.24, 2.45) is 0 Å². The molecule has 0 heterocycles. The lowest BCUT2D eigenvalue weighted by atomic mass is 10.2. The molecule has 0 atom stereocenters. The van der Waals surface area contributed by atoms with E-state index in [4.69, 9.17) is 11.6 Å². The molecule has 1 rings (SSSR count). The van der Waals surface area contributed by atoms with Gasteiger partial charge < -0.3 is 5.32 Å². The molecule has 0 aliphatic carbocycles. The van der Waals surface area contributed by atoms with Crippen LogP contribution in [0.3, 0.4) is 0 Å². The van der Waals surface area contributed by atoms with Gasteiger partial charge in [0.1, 0.15) is 11.6 Å². The molecule has 0 bridgehead atoms. The fourth-order valence-electron chi connectivity index (χ4n) is 1.01. The van der Waals surface area contributed by atoms with Gasteiger partial charge in [-0.15, -0.1) is 0 Å². The third kappa shape index (κ3) is 3.02. The largest absolute Gasteiger partial charge is 0.345 e. The van der Waals surface area contributed by atoms with E-state index in [0.717, 1.165) is 6.07 Å². The molecule has 5 heteroatoms. The van der Waals surface area contributed by atoms with E-state index >= 15 is 0 Å². The van der Waals surface area contributed by atoms with E-state index < -0.39 is 11.7 Å². The molecule has 0 spiro atoms. The van der Waals surface area contributed by atoms with E-state index in [1.807, 2.05) is 0 Å². The molecule has 0 aromatic heterocycles. The molecule has 1 aromatic carbocycles. The number of carbonyl (C=O) groups is 2. The van der Waals surface area contributed by atoms with E-state index in [9.17, 15) is 14.0 Å². The predicted molar refractivity (Wildman–Crippen MR) is 54.4 cm³/mol. The van der Waals surface area contributed by atoms with Gasteiger partial charge in [0, 0.05) is 0 Å². The van der Waals surface area contributed by atoms with Crippen molar-refractivity contribution in [2.45, 2.75) is 6.92 Å². The summed E-state index contributed by atoms with van der Waals surface area (Å²) in [4.78, 5) is 22.0. The van der Waals surface area contributed by atoms with Crippen molar-refractivity contribution in [3.8, 4) is 0 Å². The molecule has 0 saturated heterocycles. The van der Waals surface area contributed by atoms with Gasteiger partial charge in [-0.05, 0) is 19.1 Å². The smallest absolute Gasteiger partial charge is 0.256 e. The zero-order valence-corrected chi connectivity index (χ0v) is 8.77. The molecule has 80 valence electrons. The highest BCUT2D eigenvalue weighted by Crippen LogP contribution is 2.18. The summed E-state index contributed by atoms with van der Waals surface area (Å²) in [7, 11) is 0. The minimum absolute atomic E-state index is 0.0241. The zero-order chi connectivity index (χ0) is 11.4. The average Bonchev–Trinajstić information content (AvgIpc) is 2.14. The summed E-state index contributed by atoms with van der Waals surface area (Å²) in [6.45, 7) is 1.19. The number of ketones is 1. The molecule has 0 unspecified atom stereocenters. The van der Waals surface area contributed by atoms with Crippen LogP contribution in [0.25, 0.3) is 0 Å². The number of hydrogen-bond acceptors (Lipinski definition) is 2. The normalized spacial score (nSPS) is 9.80. The molecule has 1 aromatic rings. The van der Waals surface area contributed by atoms with Crippen molar-refractivity contribution in [3.05, 3.63) is 34.6 Å². The van der Waals surface area contributed by atoms with Crippen molar-refractivity contribution in [1.29, 1.82) is 0 Å². The summed E-state index contributed by atoms with van der Waals surface area (Å²) in [5.41, 5.74) is -0.236. The Kier molecular flexibility index (Phi) is 3.80. The van der Waals surface area contributed by atoms with Crippen molar-refractivity contribution < 1.29 is 14.0 Å². The summed E-state index contributed by atoms with van der Waals surface area (Å²) in [6, 6.07) is 3.95. The molecular formula is C10H9ClFNO2. The number of halogens is 2. The lowest BCUT2D eigenvalue weighted by molar-refractivity contribution is -0.116. The highest BCUT2D eigenvalue weighted by Gasteiger charge is 2.15. The van der Waals surface area contributed by atoms with Crippen LogP contribution in [0.15, 0.2) is 18.2 Å². The second-order valence-corrected chi connectivity index (χ2v) is 3.39. The van der Waals surface area contributed by atoms with Gasteiger partial charge in [-0.3, -0.25) is 9.59 Å². The molecule has 0 aliphatic heterocycles. The monoisotopic (exact) mass is 229 g/mol. The highest BCUT2D eigenvalue weighted by molar-refractivity contribution is 6.33. The van der Waals surface area contributed by atoms with Crippen LogP contribution in [0.1, 0.15) is 17.3 Å². The first-order valence-electron chi connectivity index (χ1n) is 4.24. The lowest BCUT2D eigenvalue weighted by Crippen LogP contribution is -2.29. The third-order valence-corrected chi connectivity index (χ3v) is 2.00. The molecule has 0 saturated carbocycles. The van der Waals surface area contributed by atoms with Crippen LogP contribution >= 0.6 is 11.6 Å². The number of amides is 1. The van der Waals surface area contributed by atoms with Crippen molar-refractivity contribution >= 4 is 23.3 Å². The van der Waals surface area contributed by atoms with Crippen LogP contribution in [-0.2, 0) is 4.79 Å². The number of Topliss-reactive ketones (excluding diaryl/α,β-unsaturated/α-hetero) is 1. The number of benzene rings is 1. The van der Waals surface area contributed by atoms with Gasteiger partial charge in [-0.2, -0.15) is 0 Å². The van der Waals surface area contributed by atoms with Crippen LogP contribution in [-0.4, -0.2) is 18.2 Å². The minimum Gasteiger partial charge on any atom is -0.345 e. The minimum atomic E-state index is -0.705. The topological polar surface area (TPSA) is 46.2 Å². The third-order valence-electron chi connectivity index (χ3n) is 1.69. The molecule has 3 nitrogen and oxygen atoms in total. The SMILES string of the molecule is CC(=O)CNC(=O)c1c(F)cccc1Cl. The Bertz CT molecular complexity index is 386. The Morgan fingerprint density at radius 2 is 2.13 bits per heavy atom. The van der Waals surface area contributed by atoms with Crippen molar-refractivity contribution in [1.82, 2.24) is 5.32 Å². The molecule has 0 aliphatic rings. The van der Waals surface area contributed by atoms with Gasteiger partial charge in [-0.1, -0.05) is 17.7 Å². The van der Waals surface area contributed by atoms with Crippen molar-refractivity contribution in [2.75, 3.05) is 6.54 Å². The van der Waals surface area contributed by atoms with Gasteiger partial charge in [0.25, 0.3) is 5.91 Å². The summed E-state index contributed by atoms with van der Waals surface area (Å²) < 4.78 is 13.2. The van der Waals surface area contributed by atoms with E-state index in [2.05, 4.69) is 5.32 Å². The number of nitrogens with one attached hydrogen (secondary N) is 1. The average molecular weight is 230 g/mol. The highest BCUT2D eigenvalue weighted by atomic mass is 35.5. The Balaban J connectivity index is 2.86. The van der Waals surface area contributed by atoms with E-state index in [1.165, 1.54) is 19.1 Å². The van der Waals surface area contributed by atoms with Crippen LogP contribution in [0.4, 0.5) is 4.39 Å². The Morgan fingerprint density at radius 3 is 2.67 bits per heavy atom. The van der Waals surface area contributed by atoms with Gasteiger partial charge >= 0.3 is 0 Å². The maximum atomic E-state index is 13.2. The number of hydrogen-bond donors (Lipinski definition) is 1. The molecule has 0 fully saturated rings. The maximum Gasteiger partial charge on any atom is 0.256 e. The first-order valence-corrected chi connectivity index (χ1v) is 4.62. The molecule has 15 heavy (non-hydrogen) atoms. The van der Waals surface area contributed by atoms with E-state index in [1.54, 1.807) is 0 Å². The number of carbonyl (C=O) groups excluding carboxylic acids is 2.